The minimum absolute atomic E-state index is 0.104. The minimum Gasteiger partial charge on any atom is -0.339 e. The first-order valence-electron chi connectivity index (χ1n) is 8.01. The van der Waals surface area contributed by atoms with Gasteiger partial charge in [-0.3, -0.25) is 15.2 Å². The van der Waals surface area contributed by atoms with Crippen LogP contribution in [0, 0.1) is 5.41 Å². The Morgan fingerprint density at radius 2 is 2.12 bits per heavy atom. The van der Waals surface area contributed by atoms with E-state index in [1.54, 1.807) is 29.2 Å². The number of rotatable bonds is 3. The van der Waals surface area contributed by atoms with Crippen LogP contribution >= 0.6 is 23.5 Å². The van der Waals surface area contributed by atoms with Crippen molar-refractivity contribution in [3.8, 4) is 0 Å². The van der Waals surface area contributed by atoms with Gasteiger partial charge in [0, 0.05) is 23.7 Å². The maximum atomic E-state index is 12.7. The second kappa shape index (κ2) is 7.23. The summed E-state index contributed by atoms with van der Waals surface area (Å²) in [6, 6.07) is 6.45. The van der Waals surface area contributed by atoms with Gasteiger partial charge in [0.1, 0.15) is 23.2 Å². The summed E-state index contributed by atoms with van der Waals surface area (Å²) in [4.78, 5) is 20.7. The van der Waals surface area contributed by atoms with Crippen LogP contribution in [-0.2, 0) is 0 Å². The van der Waals surface area contributed by atoms with Crippen LogP contribution < -0.4 is 10.5 Å². The zero-order valence-electron chi connectivity index (χ0n) is 14.1. The molecule has 0 saturated carbocycles. The molecule has 3 atom stereocenters. The van der Waals surface area contributed by atoms with E-state index in [1.807, 2.05) is 18.7 Å². The van der Waals surface area contributed by atoms with E-state index in [-0.39, 0.29) is 17.3 Å². The Bertz CT molecular complexity index is 709. The molecule has 1 fully saturated rings. The maximum Gasteiger partial charge on any atom is 0.254 e. The molecule has 2 aliphatic rings. The van der Waals surface area contributed by atoms with Crippen LogP contribution in [0.2, 0.25) is 5.02 Å². The first kappa shape index (κ1) is 18.0. The van der Waals surface area contributed by atoms with E-state index in [2.05, 4.69) is 9.71 Å². The summed E-state index contributed by atoms with van der Waals surface area (Å²) in [7, 11) is 0. The smallest absolute Gasteiger partial charge is 0.254 e. The van der Waals surface area contributed by atoms with Gasteiger partial charge in [-0.15, -0.1) is 0 Å². The summed E-state index contributed by atoms with van der Waals surface area (Å²) >= 11 is 7.33. The molecule has 3 rings (SSSR count). The molecule has 0 spiro atoms. The number of benzene rings is 1. The van der Waals surface area contributed by atoms with E-state index in [0.717, 1.165) is 5.84 Å². The molecule has 3 unspecified atom stereocenters. The Balaban J connectivity index is 1.71. The van der Waals surface area contributed by atoms with Gasteiger partial charge in [0.15, 0.2) is 0 Å². The second-order valence-electron chi connectivity index (χ2n) is 6.08. The standard InChI is InChI=1S/C16H21ClN6OS/c1-9-13(18)23(14(19)15-20-10(2)21-25-15)8-7-22(9)16(24)11-3-5-12(17)6-4-11/h3-6,9,14-15,18H,7-8,19H2,1-2H3,(H,20,21). The molecular formula is C16H21ClN6OS. The maximum absolute atomic E-state index is 12.7. The Morgan fingerprint density at radius 3 is 2.72 bits per heavy atom. The number of nitrogens with zero attached hydrogens (tertiary/aromatic N) is 3. The quantitative estimate of drug-likeness (QED) is 0.694. The highest BCUT2D eigenvalue weighted by molar-refractivity contribution is 7.98. The molecular weight excluding hydrogens is 360 g/mol. The van der Waals surface area contributed by atoms with Gasteiger partial charge in [-0.1, -0.05) is 11.6 Å². The third-order valence-electron chi connectivity index (χ3n) is 4.41. The lowest BCUT2D eigenvalue weighted by atomic mass is 10.1. The highest BCUT2D eigenvalue weighted by atomic mass is 35.5. The van der Waals surface area contributed by atoms with Crippen molar-refractivity contribution < 1.29 is 4.79 Å². The third-order valence-corrected chi connectivity index (χ3v) is 5.70. The number of hydrogen-bond acceptors (Lipinski definition) is 6. The normalized spacial score (nSPS) is 24.8. The van der Waals surface area contributed by atoms with E-state index >= 15 is 0 Å². The Kier molecular flexibility index (Phi) is 5.21. The summed E-state index contributed by atoms with van der Waals surface area (Å²) in [6.07, 6.45) is -0.405. The van der Waals surface area contributed by atoms with E-state index in [0.29, 0.717) is 29.5 Å². The first-order chi connectivity index (χ1) is 11.9. The number of hydrogen-bond donors (Lipinski definition) is 3. The summed E-state index contributed by atoms with van der Waals surface area (Å²) < 4.78 is 3.08. The molecule has 0 aliphatic carbocycles. The van der Waals surface area contributed by atoms with E-state index < -0.39 is 6.17 Å². The second-order valence-corrected chi connectivity index (χ2v) is 7.43. The zero-order valence-corrected chi connectivity index (χ0v) is 15.6. The lowest BCUT2D eigenvalue weighted by Gasteiger charge is -2.44. The predicted octanol–water partition coefficient (Wildman–Crippen LogP) is 1.74. The topological polar surface area (TPSA) is 97.8 Å². The Labute approximate surface area is 156 Å². The number of piperazine rings is 1. The third kappa shape index (κ3) is 3.61. The molecule has 25 heavy (non-hydrogen) atoms. The molecule has 0 bridgehead atoms. The molecule has 1 aromatic carbocycles. The number of amidine groups is 2. The number of aliphatic imine (C=N–C) groups is 1. The fourth-order valence-corrected chi connectivity index (χ4v) is 3.92. The van der Waals surface area contributed by atoms with Gasteiger partial charge >= 0.3 is 0 Å². The molecule has 1 amide bonds. The van der Waals surface area contributed by atoms with Crippen LogP contribution in [0.1, 0.15) is 24.2 Å². The van der Waals surface area contributed by atoms with E-state index in [9.17, 15) is 4.79 Å². The first-order valence-corrected chi connectivity index (χ1v) is 9.27. The van der Waals surface area contributed by atoms with Gasteiger partial charge in [0.25, 0.3) is 5.91 Å². The van der Waals surface area contributed by atoms with Crippen molar-refractivity contribution in [2.24, 2.45) is 10.7 Å². The highest BCUT2D eigenvalue weighted by Crippen LogP contribution is 2.24. The Hall–Kier alpha value is -1.77. The molecule has 2 aliphatic heterocycles. The van der Waals surface area contributed by atoms with Crippen molar-refractivity contribution in [2.45, 2.75) is 31.4 Å². The Morgan fingerprint density at radius 1 is 1.44 bits per heavy atom. The molecule has 7 nitrogen and oxygen atoms in total. The van der Waals surface area contributed by atoms with Crippen LogP contribution in [0.25, 0.3) is 0 Å². The molecule has 0 aromatic heterocycles. The van der Waals surface area contributed by atoms with Crippen LogP contribution in [0.15, 0.2) is 29.3 Å². The molecule has 0 radical (unpaired) electrons. The van der Waals surface area contributed by atoms with Gasteiger partial charge in [-0.05, 0) is 50.1 Å². The molecule has 2 heterocycles. The van der Waals surface area contributed by atoms with Gasteiger partial charge in [0.05, 0.1) is 6.04 Å². The molecule has 4 N–H and O–H groups in total. The van der Waals surface area contributed by atoms with Gasteiger partial charge < -0.3 is 20.3 Å². The molecule has 9 heteroatoms. The van der Waals surface area contributed by atoms with Gasteiger partial charge in [-0.2, -0.15) is 0 Å². The molecule has 134 valence electrons. The summed E-state index contributed by atoms with van der Waals surface area (Å²) in [6.45, 7) is 4.75. The molecule has 1 aromatic rings. The number of carbonyl (C=O) groups is 1. The van der Waals surface area contributed by atoms with Crippen LogP contribution in [0.5, 0.6) is 0 Å². The van der Waals surface area contributed by atoms with Crippen molar-refractivity contribution in [3.63, 3.8) is 0 Å². The number of nitrogens with one attached hydrogen (secondary N) is 2. The van der Waals surface area contributed by atoms with Crippen molar-refractivity contribution in [1.82, 2.24) is 14.5 Å². The number of halogens is 1. The number of carbonyl (C=O) groups excluding carboxylic acids is 1. The lowest BCUT2D eigenvalue weighted by Crippen LogP contribution is -2.63. The predicted molar refractivity (Wildman–Crippen MR) is 102 cm³/mol. The lowest BCUT2D eigenvalue weighted by molar-refractivity contribution is 0.0663. The van der Waals surface area contributed by atoms with Crippen LogP contribution in [-0.4, -0.2) is 58.0 Å². The number of nitrogens with two attached hydrogens (primary N) is 1. The highest BCUT2D eigenvalue weighted by Gasteiger charge is 2.37. The zero-order chi connectivity index (χ0) is 18.1. The monoisotopic (exact) mass is 380 g/mol. The summed E-state index contributed by atoms with van der Waals surface area (Å²) in [5.41, 5.74) is 6.88. The average molecular weight is 381 g/mol. The van der Waals surface area contributed by atoms with Crippen LogP contribution in [0.3, 0.4) is 0 Å². The van der Waals surface area contributed by atoms with Gasteiger partial charge in [0.2, 0.25) is 0 Å². The molecule has 1 saturated heterocycles. The summed E-state index contributed by atoms with van der Waals surface area (Å²) in [5, 5.41) is 8.90. The number of amides is 1. The van der Waals surface area contributed by atoms with Crippen LogP contribution in [0.4, 0.5) is 0 Å². The van der Waals surface area contributed by atoms with Crippen molar-refractivity contribution in [2.75, 3.05) is 13.1 Å². The van der Waals surface area contributed by atoms with Crippen molar-refractivity contribution in [1.29, 1.82) is 5.41 Å². The SMILES string of the molecule is CC1=NC(C(N)N2CCN(C(=O)c3ccc(Cl)cc3)C(C)C2=N)SN1. The fraction of sp³-hybridized carbons (Fsp3) is 0.438. The largest absolute Gasteiger partial charge is 0.339 e. The van der Waals surface area contributed by atoms with Crippen molar-refractivity contribution in [3.05, 3.63) is 34.9 Å². The summed E-state index contributed by atoms with van der Waals surface area (Å²) in [5.74, 6) is 1.07. The van der Waals surface area contributed by atoms with E-state index in [4.69, 9.17) is 22.7 Å². The average Bonchev–Trinajstić information content (AvgIpc) is 3.03. The minimum atomic E-state index is -0.405. The van der Waals surface area contributed by atoms with Crippen molar-refractivity contribution >= 4 is 41.1 Å². The fourth-order valence-electron chi connectivity index (χ4n) is 2.95. The van der Waals surface area contributed by atoms with Gasteiger partial charge in [-0.25, -0.2) is 0 Å². The van der Waals surface area contributed by atoms with E-state index in [1.165, 1.54) is 11.9 Å².